The maximum absolute atomic E-state index is 13.0. The fourth-order valence-corrected chi connectivity index (χ4v) is 2.96. The van der Waals surface area contributed by atoms with Crippen molar-refractivity contribution in [1.82, 2.24) is 4.98 Å². The summed E-state index contributed by atoms with van der Waals surface area (Å²) in [5.41, 5.74) is 1.90. The van der Waals surface area contributed by atoms with Crippen molar-refractivity contribution in [3.63, 3.8) is 0 Å². The zero-order valence-electron chi connectivity index (χ0n) is 16.5. The fraction of sp³-hybridized carbons (Fsp3) is 0.174. The minimum atomic E-state index is -0.406. The van der Waals surface area contributed by atoms with E-state index in [1.54, 1.807) is 72.7 Å². The summed E-state index contributed by atoms with van der Waals surface area (Å²) in [5, 5.41) is 0.433. The van der Waals surface area contributed by atoms with E-state index in [0.29, 0.717) is 35.2 Å². The van der Waals surface area contributed by atoms with E-state index in [4.69, 9.17) is 21.1 Å². The predicted octanol–water partition coefficient (Wildman–Crippen LogP) is 4.52. The molecule has 0 unspecified atom stereocenters. The van der Waals surface area contributed by atoms with Gasteiger partial charge in [-0.3, -0.25) is 9.78 Å². The lowest BCUT2D eigenvalue weighted by Gasteiger charge is -2.23. The van der Waals surface area contributed by atoms with Gasteiger partial charge in [-0.1, -0.05) is 29.8 Å². The number of benzene rings is 2. The Morgan fingerprint density at radius 1 is 1.03 bits per heavy atom. The number of hydrogen-bond donors (Lipinski definition) is 0. The molecular weight excluding hydrogens is 404 g/mol. The van der Waals surface area contributed by atoms with Crippen LogP contribution in [0, 0.1) is 0 Å². The van der Waals surface area contributed by atoms with Gasteiger partial charge in [0.2, 0.25) is 0 Å². The lowest BCUT2D eigenvalue weighted by Crippen LogP contribution is -2.34. The average molecular weight is 425 g/mol. The summed E-state index contributed by atoms with van der Waals surface area (Å²) in [7, 11) is 0. The Morgan fingerprint density at radius 2 is 1.80 bits per heavy atom. The lowest BCUT2D eigenvalue weighted by molar-refractivity contribution is -0.120. The second-order valence-electron chi connectivity index (χ2n) is 6.33. The smallest absolute Gasteiger partial charge is 0.338 e. The Hall–Kier alpha value is -3.38. The van der Waals surface area contributed by atoms with E-state index in [9.17, 15) is 9.59 Å². The molecule has 3 rings (SSSR count). The molecular formula is C23H21ClN2O4. The number of para-hydroxylation sites is 1. The predicted molar refractivity (Wildman–Crippen MR) is 115 cm³/mol. The SMILES string of the molecule is CCOC(=O)c1ccc(N(Cc2cccnc2)C(=O)COc2ccccc2Cl)cc1. The maximum Gasteiger partial charge on any atom is 0.338 e. The summed E-state index contributed by atoms with van der Waals surface area (Å²) >= 11 is 6.10. The van der Waals surface area contributed by atoms with Crippen LogP contribution >= 0.6 is 11.6 Å². The van der Waals surface area contributed by atoms with Crippen LogP contribution < -0.4 is 9.64 Å². The Morgan fingerprint density at radius 3 is 2.47 bits per heavy atom. The van der Waals surface area contributed by atoms with E-state index >= 15 is 0 Å². The normalized spacial score (nSPS) is 10.3. The van der Waals surface area contributed by atoms with Gasteiger partial charge in [0, 0.05) is 18.1 Å². The topological polar surface area (TPSA) is 68.7 Å². The number of rotatable bonds is 8. The van der Waals surface area contributed by atoms with E-state index in [-0.39, 0.29) is 12.5 Å². The number of pyridine rings is 1. The molecule has 30 heavy (non-hydrogen) atoms. The van der Waals surface area contributed by atoms with Crippen molar-refractivity contribution in [1.29, 1.82) is 0 Å². The fourth-order valence-electron chi connectivity index (χ4n) is 2.77. The van der Waals surface area contributed by atoms with E-state index in [0.717, 1.165) is 5.56 Å². The quantitative estimate of drug-likeness (QED) is 0.497. The molecule has 1 aromatic heterocycles. The molecule has 0 fully saturated rings. The lowest BCUT2D eigenvalue weighted by atomic mass is 10.1. The molecule has 1 heterocycles. The van der Waals surface area contributed by atoms with Gasteiger partial charge in [-0.05, 0) is 55.0 Å². The molecule has 2 aromatic carbocycles. The minimum absolute atomic E-state index is 0.191. The largest absolute Gasteiger partial charge is 0.482 e. The number of hydrogen-bond acceptors (Lipinski definition) is 5. The Kier molecular flexibility index (Phi) is 7.40. The number of aromatic nitrogens is 1. The van der Waals surface area contributed by atoms with Gasteiger partial charge < -0.3 is 14.4 Å². The highest BCUT2D eigenvalue weighted by molar-refractivity contribution is 6.32. The molecule has 0 saturated heterocycles. The van der Waals surface area contributed by atoms with Crippen LogP contribution in [0.2, 0.25) is 5.02 Å². The molecule has 0 bridgehead atoms. The maximum atomic E-state index is 13.0. The van der Waals surface area contributed by atoms with Gasteiger partial charge in [0.1, 0.15) is 5.75 Å². The number of halogens is 1. The molecule has 1 amide bonds. The Bertz CT molecular complexity index is 994. The van der Waals surface area contributed by atoms with Crippen LogP contribution in [0.1, 0.15) is 22.8 Å². The van der Waals surface area contributed by atoms with Crippen LogP contribution in [0.25, 0.3) is 0 Å². The minimum Gasteiger partial charge on any atom is -0.482 e. The van der Waals surface area contributed by atoms with Gasteiger partial charge >= 0.3 is 5.97 Å². The molecule has 3 aromatic rings. The van der Waals surface area contributed by atoms with Crippen molar-refractivity contribution in [2.75, 3.05) is 18.1 Å². The molecule has 0 saturated carbocycles. The summed E-state index contributed by atoms with van der Waals surface area (Å²) in [6.07, 6.45) is 3.37. The second-order valence-corrected chi connectivity index (χ2v) is 6.73. The van der Waals surface area contributed by atoms with Crippen LogP contribution in [0.15, 0.2) is 73.1 Å². The van der Waals surface area contributed by atoms with Crippen LogP contribution in [-0.2, 0) is 16.1 Å². The molecule has 6 nitrogen and oxygen atoms in total. The highest BCUT2D eigenvalue weighted by Crippen LogP contribution is 2.24. The number of amides is 1. The van der Waals surface area contributed by atoms with Crippen molar-refractivity contribution < 1.29 is 19.1 Å². The van der Waals surface area contributed by atoms with E-state index in [2.05, 4.69) is 4.98 Å². The highest BCUT2D eigenvalue weighted by atomic mass is 35.5. The molecule has 0 spiro atoms. The summed E-state index contributed by atoms with van der Waals surface area (Å²) in [6.45, 7) is 2.16. The molecule has 0 radical (unpaired) electrons. The summed E-state index contributed by atoms with van der Waals surface area (Å²) in [6, 6.07) is 17.3. The molecule has 154 valence electrons. The van der Waals surface area contributed by atoms with Gasteiger partial charge in [-0.25, -0.2) is 4.79 Å². The number of anilines is 1. The molecule has 7 heteroatoms. The van der Waals surface area contributed by atoms with Gasteiger partial charge in [0.25, 0.3) is 5.91 Å². The third kappa shape index (κ3) is 5.58. The van der Waals surface area contributed by atoms with Crippen LogP contribution in [0.3, 0.4) is 0 Å². The highest BCUT2D eigenvalue weighted by Gasteiger charge is 2.18. The Balaban J connectivity index is 1.80. The van der Waals surface area contributed by atoms with Gasteiger partial charge in [0.15, 0.2) is 6.61 Å². The van der Waals surface area contributed by atoms with Crippen LogP contribution in [0.5, 0.6) is 5.75 Å². The van der Waals surface area contributed by atoms with Crippen molar-refractivity contribution in [3.05, 3.63) is 89.2 Å². The van der Waals surface area contributed by atoms with E-state index < -0.39 is 5.97 Å². The monoisotopic (exact) mass is 424 g/mol. The third-order valence-electron chi connectivity index (χ3n) is 4.24. The van der Waals surface area contributed by atoms with Crippen molar-refractivity contribution >= 4 is 29.2 Å². The first-order chi connectivity index (χ1) is 14.6. The first-order valence-corrected chi connectivity index (χ1v) is 9.80. The van der Waals surface area contributed by atoms with Crippen LogP contribution in [0.4, 0.5) is 5.69 Å². The first kappa shape index (κ1) is 21.3. The average Bonchev–Trinajstić information content (AvgIpc) is 2.78. The standard InChI is InChI=1S/C23H21ClN2O4/c1-2-29-23(28)18-9-11-19(12-10-18)26(15-17-6-5-13-25-14-17)22(27)16-30-21-8-4-3-7-20(21)24/h3-14H,2,15-16H2,1H3. The Labute approximate surface area is 180 Å². The zero-order chi connectivity index (χ0) is 21.3. The second kappa shape index (κ2) is 10.4. The number of nitrogens with zero attached hydrogens (tertiary/aromatic N) is 2. The molecule has 0 aliphatic heterocycles. The summed E-state index contributed by atoms with van der Waals surface area (Å²) in [5.74, 6) is -0.231. The number of carbonyl (C=O) groups is 2. The number of carbonyl (C=O) groups excluding carboxylic acids is 2. The van der Waals surface area contributed by atoms with Gasteiger partial charge in [0.05, 0.1) is 23.7 Å². The van der Waals surface area contributed by atoms with Crippen molar-refractivity contribution in [2.24, 2.45) is 0 Å². The summed E-state index contributed by atoms with van der Waals surface area (Å²) < 4.78 is 10.6. The van der Waals surface area contributed by atoms with Crippen molar-refractivity contribution in [2.45, 2.75) is 13.5 Å². The third-order valence-corrected chi connectivity index (χ3v) is 4.55. The zero-order valence-corrected chi connectivity index (χ0v) is 17.2. The van der Waals surface area contributed by atoms with E-state index in [1.165, 1.54) is 0 Å². The number of ether oxygens (including phenoxy) is 2. The summed E-state index contributed by atoms with van der Waals surface area (Å²) in [4.78, 5) is 30.6. The number of esters is 1. The van der Waals surface area contributed by atoms with Crippen LogP contribution in [-0.4, -0.2) is 30.1 Å². The molecule has 0 N–H and O–H groups in total. The van der Waals surface area contributed by atoms with Gasteiger partial charge in [-0.2, -0.15) is 0 Å². The van der Waals surface area contributed by atoms with Gasteiger partial charge in [-0.15, -0.1) is 0 Å². The first-order valence-electron chi connectivity index (χ1n) is 9.42. The molecule has 0 atom stereocenters. The van der Waals surface area contributed by atoms with Crippen molar-refractivity contribution in [3.8, 4) is 5.75 Å². The van der Waals surface area contributed by atoms with E-state index in [1.807, 2.05) is 12.1 Å². The molecule has 0 aliphatic carbocycles. The molecule has 0 aliphatic rings.